The quantitative estimate of drug-likeness (QED) is 0.775. The molecule has 0 aliphatic carbocycles. The molecular formula is C17H19F3N4O3S. The lowest BCUT2D eigenvalue weighted by atomic mass is 10.1. The highest BCUT2D eigenvalue weighted by Crippen LogP contribution is 2.29. The largest absolute Gasteiger partial charge is 0.416 e. The average Bonchev–Trinajstić information content (AvgIpc) is 2.67. The van der Waals surface area contributed by atoms with Crippen LogP contribution < -0.4 is 9.62 Å². The Bertz CT molecular complexity index is 899. The molecule has 0 atom stereocenters. The number of morpholine rings is 1. The van der Waals surface area contributed by atoms with E-state index >= 15 is 0 Å². The van der Waals surface area contributed by atoms with Crippen molar-refractivity contribution in [3.05, 3.63) is 53.3 Å². The highest BCUT2D eigenvalue weighted by Gasteiger charge is 2.30. The Kier molecular flexibility index (Phi) is 6.16. The topological polar surface area (TPSA) is 84.4 Å². The maximum atomic E-state index is 12.6. The van der Waals surface area contributed by atoms with E-state index in [1.54, 1.807) is 12.3 Å². The lowest BCUT2D eigenvalue weighted by molar-refractivity contribution is -0.137. The molecule has 2 aromatic rings. The molecule has 7 nitrogen and oxygen atoms in total. The number of anilines is 1. The molecule has 1 saturated heterocycles. The molecule has 1 fully saturated rings. The van der Waals surface area contributed by atoms with E-state index in [0.717, 1.165) is 24.3 Å². The number of hydrogen-bond donors (Lipinski definition) is 1. The number of rotatable bonds is 6. The van der Waals surface area contributed by atoms with Crippen molar-refractivity contribution >= 4 is 16.0 Å². The molecule has 1 aromatic heterocycles. The number of halogens is 3. The van der Waals surface area contributed by atoms with Gasteiger partial charge < -0.3 is 9.64 Å². The van der Waals surface area contributed by atoms with Crippen molar-refractivity contribution in [3.63, 3.8) is 0 Å². The maximum absolute atomic E-state index is 12.6. The summed E-state index contributed by atoms with van der Waals surface area (Å²) in [5.41, 5.74) is -0.0667. The van der Waals surface area contributed by atoms with Gasteiger partial charge in [-0.3, -0.25) is 0 Å². The highest BCUT2D eigenvalue weighted by molar-refractivity contribution is 7.88. The van der Waals surface area contributed by atoms with Crippen LogP contribution >= 0.6 is 0 Å². The third kappa shape index (κ3) is 5.63. The molecule has 1 aliphatic heterocycles. The van der Waals surface area contributed by atoms with Gasteiger partial charge >= 0.3 is 6.18 Å². The van der Waals surface area contributed by atoms with Gasteiger partial charge in [0.25, 0.3) is 0 Å². The van der Waals surface area contributed by atoms with Crippen molar-refractivity contribution in [2.75, 3.05) is 31.2 Å². The summed E-state index contributed by atoms with van der Waals surface area (Å²) in [6.45, 7) is 2.43. The van der Waals surface area contributed by atoms with Gasteiger partial charge in [0.05, 0.1) is 36.8 Å². The fourth-order valence-electron chi connectivity index (χ4n) is 2.64. The lowest BCUT2D eigenvalue weighted by Gasteiger charge is -2.26. The molecule has 0 bridgehead atoms. The summed E-state index contributed by atoms with van der Waals surface area (Å²) in [6, 6.07) is 5.64. The predicted molar refractivity (Wildman–Crippen MR) is 96.0 cm³/mol. The Labute approximate surface area is 160 Å². The molecule has 1 aliphatic rings. The van der Waals surface area contributed by atoms with Gasteiger partial charge in [-0.15, -0.1) is 0 Å². The minimum absolute atomic E-state index is 0.0389. The fraction of sp³-hybridized carbons (Fsp3) is 0.412. The van der Waals surface area contributed by atoms with Crippen LogP contribution in [0.3, 0.4) is 0 Å². The molecule has 1 N–H and O–H groups in total. The van der Waals surface area contributed by atoms with Crippen molar-refractivity contribution in [1.82, 2.24) is 14.7 Å². The smallest absolute Gasteiger partial charge is 0.378 e. The number of benzene rings is 1. The number of nitrogens with zero attached hydrogens (tertiary/aromatic N) is 3. The second-order valence-corrected chi connectivity index (χ2v) is 8.03. The summed E-state index contributed by atoms with van der Waals surface area (Å²) >= 11 is 0. The van der Waals surface area contributed by atoms with Gasteiger partial charge in [0, 0.05) is 19.3 Å². The van der Waals surface area contributed by atoms with Crippen LogP contribution in [0, 0.1) is 0 Å². The van der Waals surface area contributed by atoms with Crippen LogP contribution in [0.4, 0.5) is 19.1 Å². The van der Waals surface area contributed by atoms with Gasteiger partial charge in [0.2, 0.25) is 16.0 Å². The van der Waals surface area contributed by atoms with E-state index in [1.807, 2.05) is 4.90 Å². The first kappa shape index (κ1) is 20.5. The minimum Gasteiger partial charge on any atom is -0.378 e. The zero-order chi connectivity index (χ0) is 20.2. The summed E-state index contributed by atoms with van der Waals surface area (Å²) in [7, 11) is -3.74. The van der Waals surface area contributed by atoms with Gasteiger partial charge in [0.1, 0.15) is 0 Å². The minimum atomic E-state index is -4.46. The number of ether oxygens (including phenoxy) is 1. The van der Waals surface area contributed by atoms with Crippen molar-refractivity contribution in [1.29, 1.82) is 0 Å². The fourth-order valence-corrected chi connectivity index (χ4v) is 3.74. The normalized spacial score (nSPS) is 15.6. The summed E-state index contributed by atoms with van der Waals surface area (Å²) in [5.74, 6) is 0.0785. The molecule has 11 heteroatoms. The number of sulfonamides is 1. The van der Waals surface area contributed by atoms with E-state index in [9.17, 15) is 21.6 Å². The molecule has 28 heavy (non-hydrogen) atoms. The number of alkyl halides is 3. The average molecular weight is 416 g/mol. The maximum Gasteiger partial charge on any atom is 0.416 e. The Hall–Kier alpha value is -2.24. The molecule has 1 aromatic carbocycles. The van der Waals surface area contributed by atoms with E-state index in [1.165, 1.54) is 0 Å². The van der Waals surface area contributed by atoms with Crippen LogP contribution in [-0.2, 0) is 33.2 Å². The van der Waals surface area contributed by atoms with Crippen LogP contribution in [0.15, 0.2) is 36.5 Å². The summed E-state index contributed by atoms with van der Waals surface area (Å²) in [5, 5.41) is 0. The van der Waals surface area contributed by atoms with Crippen LogP contribution in [0.2, 0.25) is 0 Å². The Morgan fingerprint density at radius 3 is 2.43 bits per heavy atom. The monoisotopic (exact) mass is 416 g/mol. The Morgan fingerprint density at radius 2 is 1.79 bits per heavy atom. The number of aromatic nitrogens is 2. The van der Waals surface area contributed by atoms with Crippen molar-refractivity contribution in [2.45, 2.75) is 18.5 Å². The standard InChI is InChI=1S/C17H19F3N4O3S/c18-17(19,20)14-3-1-13(2-4-14)12-28(25,26)22-11-15-5-6-21-16(23-15)24-7-9-27-10-8-24/h1-6,22H,7-12H2. The van der Waals surface area contributed by atoms with Crippen molar-refractivity contribution in [3.8, 4) is 0 Å². The van der Waals surface area contributed by atoms with Gasteiger partial charge in [-0.25, -0.2) is 23.1 Å². The first-order valence-electron chi connectivity index (χ1n) is 8.51. The molecule has 0 amide bonds. The number of nitrogens with one attached hydrogen (secondary N) is 1. The predicted octanol–water partition coefficient (Wildman–Crippen LogP) is 1.95. The van der Waals surface area contributed by atoms with Gasteiger partial charge in [0.15, 0.2) is 0 Å². The summed E-state index contributed by atoms with van der Waals surface area (Å²) < 4.78 is 69.9. The molecule has 0 unspecified atom stereocenters. The molecule has 152 valence electrons. The van der Waals surface area contributed by atoms with Gasteiger partial charge in [-0.1, -0.05) is 12.1 Å². The molecule has 0 radical (unpaired) electrons. The van der Waals surface area contributed by atoms with Crippen LogP contribution in [0.1, 0.15) is 16.8 Å². The van der Waals surface area contributed by atoms with E-state index in [4.69, 9.17) is 4.74 Å². The van der Waals surface area contributed by atoms with E-state index in [-0.39, 0.29) is 12.1 Å². The third-order valence-corrected chi connectivity index (χ3v) is 5.40. The Balaban J connectivity index is 1.60. The van der Waals surface area contributed by atoms with Crippen LogP contribution in [0.5, 0.6) is 0 Å². The van der Waals surface area contributed by atoms with Crippen molar-refractivity contribution < 1.29 is 26.3 Å². The van der Waals surface area contributed by atoms with E-state index in [2.05, 4.69) is 14.7 Å². The summed E-state index contributed by atoms with van der Waals surface area (Å²) in [4.78, 5) is 10.5. The molecule has 0 saturated carbocycles. The number of hydrogen-bond acceptors (Lipinski definition) is 6. The van der Waals surface area contributed by atoms with E-state index in [0.29, 0.717) is 37.9 Å². The zero-order valence-electron chi connectivity index (χ0n) is 14.8. The summed E-state index contributed by atoms with van der Waals surface area (Å²) in [6.07, 6.45) is -2.90. The highest BCUT2D eigenvalue weighted by atomic mass is 32.2. The second-order valence-electron chi connectivity index (χ2n) is 6.22. The third-order valence-electron chi connectivity index (χ3n) is 4.11. The van der Waals surface area contributed by atoms with Gasteiger partial charge in [-0.05, 0) is 23.8 Å². The molecular weight excluding hydrogens is 397 g/mol. The molecule has 2 heterocycles. The van der Waals surface area contributed by atoms with E-state index < -0.39 is 27.5 Å². The first-order valence-corrected chi connectivity index (χ1v) is 10.2. The molecule has 3 rings (SSSR count). The van der Waals surface area contributed by atoms with Gasteiger partial charge in [-0.2, -0.15) is 13.2 Å². The van der Waals surface area contributed by atoms with Crippen molar-refractivity contribution in [2.24, 2.45) is 0 Å². The molecule has 0 spiro atoms. The first-order chi connectivity index (χ1) is 13.2. The SMILES string of the molecule is O=S(=O)(Cc1ccc(C(F)(F)F)cc1)NCc1ccnc(N2CCOCC2)n1. The second kappa shape index (κ2) is 8.41. The lowest BCUT2D eigenvalue weighted by Crippen LogP contribution is -2.37. The zero-order valence-corrected chi connectivity index (χ0v) is 15.6. The van der Waals surface area contributed by atoms with Crippen LogP contribution in [0.25, 0.3) is 0 Å². The Morgan fingerprint density at radius 1 is 1.11 bits per heavy atom. The van der Waals surface area contributed by atoms with Crippen LogP contribution in [-0.4, -0.2) is 44.7 Å².